The number of carbonyl (C=O) groups is 1. The molecule has 4 rings (SSSR count). The highest BCUT2D eigenvalue weighted by atomic mass is 16.6. The summed E-state index contributed by atoms with van der Waals surface area (Å²) < 4.78 is 17.3. The molecule has 0 saturated carbocycles. The average molecular weight is 329 g/mol. The number of ether oxygens (including phenoxy) is 2. The van der Waals surface area contributed by atoms with Gasteiger partial charge < -0.3 is 18.8 Å². The summed E-state index contributed by atoms with van der Waals surface area (Å²) in [4.78, 5) is 15.2. The molecule has 128 valence electrons. The number of furan rings is 1. The molecule has 3 heterocycles. The lowest BCUT2D eigenvalue weighted by Crippen LogP contribution is -2.60. The monoisotopic (exact) mass is 329 g/mol. The number of nitrogens with zero attached hydrogens (tertiary/aromatic N) is 1. The zero-order valence-corrected chi connectivity index (χ0v) is 14.4. The van der Waals surface area contributed by atoms with Gasteiger partial charge in [0, 0.05) is 11.9 Å². The number of morpholine rings is 1. The van der Waals surface area contributed by atoms with Gasteiger partial charge in [-0.15, -0.1) is 0 Å². The highest BCUT2D eigenvalue weighted by Crippen LogP contribution is 2.32. The van der Waals surface area contributed by atoms with Crippen LogP contribution in [0.2, 0.25) is 0 Å². The highest BCUT2D eigenvalue weighted by molar-refractivity contribution is 6.06. The smallest absolute Gasteiger partial charge is 0.258 e. The summed E-state index contributed by atoms with van der Waals surface area (Å²) in [6, 6.07) is 6.01. The van der Waals surface area contributed by atoms with Crippen molar-refractivity contribution in [1.29, 1.82) is 0 Å². The van der Waals surface area contributed by atoms with Crippen LogP contribution in [-0.2, 0) is 15.9 Å². The lowest BCUT2D eigenvalue weighted by molar-refractivity contribution is -0.137. The first-order valence-corrected chi connectivity index (χ1v) is 8.55. The van der Waals surface area contributed by atoms with Gasteiger partial charge >= 0.3 is 0 Å². The number of hydrogen-bond acceptors (Lipinski definition) is 4. The van der Waals surface area contributed by atoms with Crippen molar-refractivity contribution >= 4 is 16.9 Å². The number of hydrogen-bond donors (Lipinski definition) is 0. The van der Waals surface area contributed by atoms with Crippen molar-refractivity contribution in [2.45, 2.75) is 44.9 Å². The maximum Gasteiger partial charge on any atom is 0.258 e. The van der Waals surface area contributed by atoms with Gasteiger partial charge in [0.15, 0.2) is 0 Å². The fourth-order valence-corrected chi connectivity index (χ4v) is 3.74. The Hall–Kier alpha value is -1.85. The zero-order valence-electron chi connectivity index (χ0n) is 14.4. The molecule has 0 aliphatic carbocycles. The van der Waals surface area contributed by atoms with Crippen LogP contribution in [0.1, 0.15) is 36.7 Å². The van der Waals surface area contributed by atoms with Crippen molar-refractivity contribution in [1.82, 2.24) is 4.90 Å². The number of carbonyl (C=O) groups excluding carboxylic acids is 1. The summed E-state index contributed by atoms with van der Waals surface area (Å²) in [5.74, 6) is -0.00104. The zero-order chi connectivity index (χ0) is 16.9. The average Bonchev–Trinajstić information content (AvgIpc) is 3.17. The minimum atomic E-state index is -0.376. The van der Waals surface area contributed by atoms with Gasteiger partial charge in [-0.3, -0.25) is 4.79 Å². The van der Waals surface area contributed by atoms with Crippen LogP contribution < -0.4 is 0 Å². The van der Waals surface area contributed by atoms with Crippen LogP contribution in [-0.4, -0.2) is 48.3 Å². The van der Waals surface area contributed by atoms with E-state index in [4.69, 9.17) is 13.9 Å². The van der Waals surface area contributed by atoms with E-state index in [2.05, 4.69) is 13.0 Å². The molecule has 0 radical (unpaired) electrons. The molecule has 0 spiro atoms. The first kappa shape index (κ1) is 15.7. The molecule has 2 aromatic rings. The standard InChI is InChI=1S/C19H23NO4/c1-4-12-5-6-16-13(7-12)14(8-23-16)18(21)20-11-19(2,3)24-17-10-22-9-15(17)20/h5-8,15,17H,4,9-11H2,1-3H3/t15-,17-/m1/s1. The topological polar surface area (TPSA) is 51.9 Å². The molecule has 1 amide bonds. The van der Waals surface area contributed by atoms with Crippen molar-refractivity contribution in [3.8, 4) is 0 Å². The number of amides is 1. The number of aryl methyl sites for hydroxylation is 1. The van der Waals surface area contributed by atoms with Crippen LogP contribution in [0.4, 0.5) is 0 Å². The minimum absolute atomic E-state index is 0.00104. The molecule has 0 N–H and O–H groups in total. The molecule has 2 saturated heterocycles. The molecule has 5 heteroatoms. The van der Waals surface area contributed by atoms with Gasteiger partial charge in [0.1, 0.15) is 18.0 Å². The van der Waals surface area contributed by atoms with E-state index in [0.29, 0.717) is 25.3 Å². The molecule has 24 heavy (non-hydrogen) atoms. The van der Waals surface area contributed by atoms with Gasteiger partial charge in [0.2, 0.25) is 0 Å². The van der Waals surface area contributed by atoms with Gasteiger partial charge in [0.05, 0.1) is 30.4 Å². The van der Waals surface area contributed by atoms with E-state index in [1.54, 1.807) is 6.26 Å². The van der Waals surface area contributed by atoms with Crippen LogP contribution in [0, 0.1) is 0 Å². The summed E-state index contributed by atoms with van der Waals surface area (Å²) in [6.45, 7) is 7.77. The van der Waals surface area contributed by atoms with Crippen LogP contribution in [0.3, 0.4) is 0 Å². The van der Waals surface area contributed by atoms with Crippen molar-refractivity contribution in [2.24, 2.45) is 0 Å². The summed E-state index contributed by atoms with van der Waals surface area (Å²) in [5.41, 5.74) is 2.20. The number of benzene rings is 1. The van der Waals surface area contributed by atoms with E-state index in [-0.39, 0.29) is 23.7 Å². The second-order valence-electron chi connectivity index (χ2n) is 7.29. The van der Waals surface area contributed by atoms with E-state index < -0.39 is 0 Å². The predicted octanol–water partition coefficient (Wildman–Crippen LogP) is 3.01. The fourth-order valence-electron chi connectivity index (χ4n) is 3.74. The van der Waals surface area contributed by atoms with Crippen molar-refractivity contribution < 1.29 is 18.7 Å². The Morgan fingerprint density at radius 3 is 2.96 bits per heavy atom. The normalized spacial score (nSPS) is 25.9. The van der Waals surface area contributed by atoms with Crippen molar-refractivity contribution in [3.63, 3.8) is 0 Å². The first-order chi connectivity index (χ1) is 11.5. The van der Waals surface area contributed by atoms with Gasteiger partial charge in [-0.25, -0.2) is 0 Å². The third-order valence-corrected chi connectivity index (χ3v) is 4.96. The number of fused-ring (bicyclic) bond motifs is 2. The second kappa shape index (κ2) is 5.60. The van der Waals surface area contributed by atoms with Crippen LogP contribution in [0.5, 0.6) is 0 Å². The van der Waals surface area contributed by atoms with Crippen molar-refractivity contribution in [2.75, 3.05) is 19.8 Å². The molecule has 2 aliphatic rings. The van der Waals surface area contributed by atoms with E-state index in [1.165, 1.54) is 5.56 Å². The van der Waals surface area contributed by atoms with E-state index in [9.17, 15) is 4.79 Å². The summed E-state index contributed by atoms with van der Waals surface area (Å²) in [7, 11) is 0. The maximum atomic E-state index is 13.3. The van der Waals surface area contributed by atoms with Crippen LogP contribution in [0.25, 0.3) is 11.0 Å². The molecule has 5 nitrogen and oxygen atoms in total. The molecule has 1 aromatic heterocycles. The van der Waals surface area contributed by atoms with Gasteiger partial charge in [-0.05, 0) is 38.0 Å². The van der Waals surface area contributed by atoms with Crippen LogP contribution >= 0.6 is 0 Å². The largest absolute Gasteiger partial charge is 0.463 e. The second-order valence-corrected chi connectivity index (χ2v) is 7.29. The predicted molar refractivity (Wildman–Crippen MR) is 90.2 cm³/mol. The molecule has 2 fully saturated rings. The molecular weight excluding hydrogens is 306 g/mol. The summed E-state index contributed by atoms with van der Waals surface area (Å²) in [6.07, 6.45) is 2.46. The Labute approximate surface area is 141 Å². The third-order valence-electron chi connectivity index (χ3n) is 4.96. The Bertz CT molecular complexity index is 779. The molecule has 0 bridgehead atoms. The molecule has 2 atom stereocenters. The quantitative estimate of drug-likeness (QED) is 0.850. The molecule has 0 unspecified atom stereocenters. The summed E-state index contributed by atoms with van der Waals surface area (Å²) >= 11 is 0. The van der Waals surface area contributed by atoms with Gasteiger partial charge in [-0.2, -0.15) is 0 Å². The Morgan fingerprint density at radius 2 is 2.17 bits per heavy atom. The Kier molecular flexibility index (Phi) is 3.66. The Morgan fingerprint density at radius 1 is 1.33 bits per heavy atom. The van der Waals surface area contributed by atoms with Gasteiger partial charge in [-0.1, -0.05) is 13.0 Å². The lowest BCUT2D eigenvalue weighted by Gasteiger charge is -2.44. The number of rotatable bonds is 2. The van der Waals surface area contributed by atoms with Crippen LogP contribution in [0.15, 0.2) is 28.9 Å². The first-order valence-electron chi connectivity index (χ1n) is 8.55. The fraction of sp³-hybridized carbons (Fsp3) is 0.526. The van der Waals surface area contributed by atoms with E-state index >= 15 is 0 Å². The lowest BCUT2D eigenvalue weighted by atomic mass is 9.99. The van der Waals surface area contributed by atoms with Gasteiger partial charge in [0.25, 0.3) is 5.91 Å². The highest BCUT2D eigenvalue weighted by Gasteiger charge is 2.46. The minimum Gasteiger partial charge on any atom is -0.463 e. The Balaban J connectivity index is 1.72. The van der Waals surface area contributed by atoms with E-state index in [1.807, 2.05) is 30.9 Å². The molecular formula is C19H23NO4. The third kappa shape index (κ3) is 2.52. The van der Waals surface area contributed by atoms with Crippen molar-refractivity contribution in [3.05, 3.63) is 35.6 Å². The van der Waals surface area contributed by atoms with E-state index in [0.717, 1.165) is 17.4 Å². The molecule has 1 aromatic carbocycles. The molecule has 2 aliphatic heterocycles. The summed E-state index contributed by atoms with van der Waals surface area (Å²) in [5, 5.41) is 0.888. The SMILES string of the molecule is CCc1ccc2occ(C(=O)N3CC(C)(C)O[C@@H]4COC[C@H]43)c2c1. The maximum absolute atomic E-state index is 13.3.